The number of aromatic nitrogens is 2. The summed E-state index contributed by atoms with van der Waals surface area (Å²) in [6.45, 7) is 5.06. The average molecular weight is 150 g/mol. The Morgan fingerprint density at radius 3 is 3.18 bits per heavy atom. The number of hydrogen-bond acceptors (Lipinski definition) is 2. The molecular formula is C8H10N2O. The lowest BCUT2D eigenvalue weighted by molar-refractivity contribution is 0.129. The normalized spacial score (nSPS) is 15.0. The molecule has 3 nitrogen and oxygen atoms in total. The summed E-state index contributed by atoms with van der Waals surface area (Å²) >= 11 is 0. The molecule has 0 spiro atoms. The van der Waals surface area contributed by atoms with Crippen LogP contribution in [-0.4, -0.2) is 9.78 Å². The highest BCUT2D eigenvalue weighted by Gasteiger charge is 2.19. The highest BCUT2D eigenvalue weighted by molar-refractivity contribution is 5.49. The fourth-order valence-corrected chi connectivity index (χ4v) is 1.38. The van der Waals surface area contributed by atoms with E-state index < -0.39 is 0 Å². The van der Waals surface area contributed by atoms with E-state index in [1.807, 2.05) is 11.7 Å². The van der Waals surface area contributed by atoms with Crippen LogP contribution in [-0.2, 0) is 25.0 Å². The molecule has 1 aromatic rings. The van der Waals surface area contributed by atoms with Gasteiger partial charge in [-0.1, -0.05) is 6.58 Å². The fourth-order valence-electron chi connectivity index (χ4n) is 1.38. The molecule has 0 unspecified atom stereocenters. The van der Waals surface area contributed by atoms with Gasteiger partial charge in [0.1, 0.15) is 0 Å². The zero-order valence-electron chi connectivity index (χ0n) is 6.50. The van der Waals surface area contributed by atoms with Crippen molar-refractivity contribution in [3.05, 3.63) is 23.5 Å². The number of fused-ring (bicyclic) bond motifs is 1. The first-order chi connectivity index (χ1) is 5.33. The number of nitrogens with zero attached hydrogens (tertiary/aromatic N) is 2. The molecule has 0 N–H and O–H groups in total. The zero-order chi connectivity index (χ0) is 7.84. The highest BCUT2D eigenvalue weighted by Crippen LogP contribution is 2.22. The summed E-state index contributed by atoms with van der Waals surface area (Å²) < 4.78 is 7.13. The van der Waals surface area contributed by atoms with Gasteiger partial charge in [-0.25, -0.2) is 0 Å². The average Bonchev–Trinajstić information content (AvgIpc) is 2.54. The molecule has 0 aromatic carbocycles. The van der Waals surface area contributed by atoms with Crippen molar-refractivity contribution in [3.63, 3.8) is 0 Å². The summed E-state index contributed by atoms with van der Waals surface area (Å²) in [6.07, 6.45) is 1.77. The van der Waals surface area contributed by atoms with E-state index in [1.54, 1.807) is 6.08 Å². The Hall–Kier alpha value is -1.09. The third-order valence-corrected chi connectivity index (χ3v) is 1.98. The summed E-state index contributed by atoms with van der Waals surface area (Å²) in [5, 5.41) is 4.27. The monoisotopic (exact) mass is 150 g/mol. The maximum absolute atomic E-state index is 5.27. The van der Waals surface area contributed by atoms with Gasteiger partial charge in [0.25, 0.3) is 0 Å². The van der Waals surface area contributed by atoms with Crippen molar-refractivity contribution in [3.8, 4) is 0 Å². The molecule has 0 atom stereocenters. The zero-order valence-corrected chi connectivity index (χ0v) is 6.50. The largest absolute Gasteiger partial charge is 0.370 e. The lowest BCUT2D eigenvalue weighted by Gasteiger charge is -1.93. The quantitative estimate of drug-likeness (QED) is 0.599. The molecule has 0 radical (unpaired) electrons. The molecule has 2 heterocycles. The van der Waals surface area contributed by atoms with Gasteiger partial charge in [0.05, 0.1) is 24.6 Å². The minimum absolute atomic E-state index is 0.685. The first-order valence-electron chi connectivity index (χ1n) is 3.58. The molecule has 11 heavy (non-hydrogen) atoms. The van der Waals surface area contributed by atoms with Crippen LogP contribution in [0, 0.1) is 0 Å². The van der Waals surface area contributed by atoms with E-state index in [1.165, 1.54) is 11.3 Å². The Morgan fingerprint density at radius 2 is 2.45 bits per heavy atom. The third kappa shape index (κ3) is 0.811. The van der Waals surface area contributed by atoms with Crippen molar-refractivity contribution in [2.75, 3.05) is 0 Å². The van der Waals surface area contributed by atoms with Gasteiger partial charge in [-0.15, -0.1) is 0 Å². The molecule has 1 aliphatic rings. The van der Waals surface area contributed by atoms with Gasteiger partial charge in [0.2, 0.25) is 0 Å². The molecular weight excluding hydrogens is 140 g/mol. The van der Waals surface area contributed by atoms with E-state index in [2.05, 4.69) is 11.7 Å². The van der Waals surface area contributed by atoms with Gasteiger partial charge in [-0.2, -0.15) is 5.10 Å². The maximum atomic E-state index is 5.27. The number of ether oxygens (including phenoxy) is 1. The van der Waals surface area contributed by atoms with E-state index in [-0.39, 0.29) is 0 Å². The van der Waals surface area contributed by atoms with Crippen LogP contribution in [0.1, 0.15) is 17.0 Å². The van der Waals surface area contributed by atoms with Crippen LogP contribution in [0.5, 0.6) is 0 Å². The molecule has 2 rings (SSSR count). The molecule has 1 aromatic heterocycles. The lowest BCUT2D eigenvalue weighted by atomic mass is 10.2. The highest BCUT2D eigenvalue weighted by atomic mass is 16.5. The van der Waals surface area contributed by atoms with Gasteiger partial charge in [-0.05, 0) is 6.08 Å². The summed E-state index contributed by atoms with van der Waals surface area (Å²) in [4.78, 5) is 0. The Balaban J connectivity index is 2.60. The Morgan fingerprint density at radius 1 is 1.64 bits per heavy atom. The molecule has 58 valence electrons. The fraction of sp³-hybridized carbons (Fsp3) is 0.375. The Kier molecular flexibility index (Phi) is 1.32. The summed E-state index contributed by atoms with van der Waals surface area (Å²) in [5.74, 6) is 0. The van der Waals surface area contributed by atoms with Crippen LogP contribution >= 0.6 is 0 Å². The predicted octanol–water partition coefficient (Wildman–Crippen LogP) is 1.09. The predicted molar refractivity (Wildman–Crippen MR) is 41.8 cm³/mol. The first kappa shape index (κ1) is 6.61. The lowest BCUT2D eigenvalue weighted by Crippen LogP contribution is -1.96. The minimum atomic E-state index is 0.685. The molecule has 0 fully saturated rings. The minimum Gasteiger partial charge on any atom is -0.370 e. The topological polar surface area (TPSA) is 27.1 Å². The van der Waals surface area contributed by atoms with E-state index in [0.717, 1.165) is 5.69 Å². The van der Waals surface area contributed by atoms with Crippen molar-refractivity contribution in [2.24, 2.45) is 7.05 Å². The van der Waals surface area contributed by atoms with Crippen molar-refractivity contribution in [1.82, 2.24) is 9.78 Å². The molecule has 0 saturated heterocycles. The first-order valence-corrected chi connectivity index (χ1v) is 3.58. The van der Waals surface area contributed by atoms with Crippen molar-refractivity contribution in [1.29, 1.82) is 0 Å². The van der Waals surface area contributed by atoms with Crippen molar-refractivity contribution >= 4 is 6.08 Å². The van der Waals surface area contributed by atoms with Gasteiger partial charge < -0.3 is 4.74 Å². The van der Waals surface area contributed by atoms with E-state index in [9.17, 15) is 0 Å². The number of aryl methyl sites for hydroxylation is 1. The van der Waals surface area contributed by atoms with Crippen molar-refractivity contribution < 1.29 is 4.74 Å². The van der Waals surface area contributed by atoms with Gasteiger partial charge in [0, 0.05) is 12.6 Å². The van der Waals surface area contributed by atoms with Crippen molar-refractivity contribution in [2.45, 2.75) is 13.2 Å². The molecule has 0 aliphatic carbocycles. The molecule has 0 saturated carbocycles. The van der Waals surface area contributed by atoms with Crippen LogP contribution in [0.2, 0.25) is 0 Å². The number of rotatable bonds is 1. The molecule has 1 aliphatic heterocycles. The second-order valence-electron chi connectivity index (χ2n) is 2.63. The van der Waals surface area contributed by atoms with E-state index in [4.69, 9.17) is 4.74 Å². The summed E-state index contributed by atoms with van der Waals surface area (Å²) in [6, 6.07) is 0. The summed E-state index contributed by atoms with van der Waals surface area (Å²) in [7, 11) is 1.93. The molecule has 0 bridgehead atoms. The van der Waals surface area contributed by atoms with Crippen LogP contribution in [0.4, 0.5) is 0 Å². The van der Waals surface area contributed by atoms with Crippen LogP contribution in [0.25, 0.3) is 6.08 Å². The van der Waals surface area contributed by atoms with E-state index >= 15 is 0 Å². The van der Waals surface area contributed by atoms with Gasteiger partial charge in [-0.3, -0.25) is 4.68 Å². The Bertz CT molecular complexity index is 301. The molecule has 0 amide bonds. The van der Waals surface area contributed by atoms with Crippen LogP contribution in [0.15, 0.2) is 6.58 Å². The molecule has 3 heteroatoms. The van der Waals surface area contributed by atoms with E-state index in [0.29, 0.717) is 13.2 Å². The second kappa shape index (κ2) is 2.20. The van der Waals surface area contributed by atoms with Gasteiger partial charge >= 0.3 is 0 Å². The smallest absolute Gasteiger partial charge is 0.0904 e. The standard InChI is InChI=1S/C8H10N2O/c1-3-7-6-4-11-5-8(6)10(2)9-7/h3H,1,4-5H2,2H3. The maximum Gasteiger partial charge on any atom is 0.0904 e. The van der Waals surface area contributed by atoms with Crippen LogP contribution < -0.4 is 0 Å². The summed E-state index contributed by atoms with van der Waals surface area (Å²) in [5.41, 5.74) is 3.34. The van der Waals surface area contributed by atoms with Gasteiger partial charge in [0.15, 0.2) is 0 Å². The number of hydrogen-bond donors (Lipinski definition) is 0. The third-order valence-electron chi connectivity index (χ3n) is 1.98. The van der Waals surface area contributed by atoms with Crippen LogP contribution in [0.3, 0.4) is 0 Å². The SMILES string of the molecule is C=Cc1nn(C)c2c1COC2. The second-order valence-corrected chi connectivity index (χ2v) is 2.63. The Labute approximate surface area is 65.3 Å².